The van der Waals surface area contributed by atoms with Gasteiger partial charge in [-0.1, -0.05) is 66.8 Å². The molecule has 7 aromatic rings. The molecule has 0 aliphatic carbocycles. The van der Waals surface area contributed by atoms with Crippen LogP contribution in [0.2, 0.25) is 0 Å². The zero-order valence-electron chi connectivity index (χ0n) is 50.9. The number of carbonyl (C=O) groups is 2. The molecule has 472 valence electrons. The number of nitrogens with zero attached hydrogens (tertiary/aromatic N) is 1. The molecule has 0 saturated heterocycles. The number of carbonyl (C=O) groups excluding carboxylic acids is 2. The molecule has 0 fully saturated rings. The van der Waals surface area contributed by atoms with Gasteiger partial charge in [0.25, 0.3) is 0 Å². The summed E-state index contributed by atoms with van der Waals surface area (Å²) in [5, 5.41) is 5.96. The first-order chi connectivity index (χ1) is 41.2. The summed E-state index contributed by atoms with van der Waals surface area (Å²) in [5.41, 5.74) is 5.27. The lowest BCUT2D eigenvalue weighted by Crippen LogP contribution is -2.31. The standard InChI is InChI=1S/C29H28F3NO4.C21H23NO4.C19H18F3NO.2H3P/c1-4-35-25-12-7-21(8-13-25)19-36-27(34)33(18-20-5-9-23(10-6-20)29(30,31)32)24-11-14-26-22(17-24)15-16-28(2,3)37-26;1-4-24-18-8-5-15(6-9-18)14-25-20(23)22-17-7-10-19-16(13-17)11-12-21(2,3)26-19;1-18(2)10-9-14-11-16(7-8-17(14)24-18)23-12-13-3-5-15(6-4-13)19(20,21)22;;/h5-17H,4,18-19H2,1-3H3;5-13H,4,14H2,1-3H3,(H,22,23);3-11,23H,12H2,1-2H3;2*1H3. The zero-order chi connectivity index (χ0) is 62.6. The Labute approximate surface area is 522 Å². The summed E-state index contributed by atoms with van der Waals surface area (Å²) in [4.78, 5) is 26.7. The predicted octanol–water partition coefficient (Wildman–Crippen LogP) is 18.3. The molecule has 12 nitrogen and oxygen atoms in total. The van der Waals surface area contributed by atoms with Gasteiger partial charge in [0.2, 0.25) is 0 Å². The van der Waals surface area contributed by atoms with E-state index in [0.29, 0.717) is 48.2 Å². The van der Waals surface area contributed by atoms with E-state index in [1.54, 1.807) is 48.5 Å². The number of ether oxygens (including phenoxy) is 7. The number of nitrogens with one attached hydrogen (secondary N) is 2. The van der Waals surface area contributed by atoms with Gasteiger partial charge < -0.3 is 38.5 Å². The molecule has 2 amide bonds. The molecule has 2 N–H and O–H groups in total. The van der Waals surface area contributed by atoms with Crippen molar-refractivity contribution in [1.29, 1.82) is 0 Å². The fraction of sp³-hybridized carbons (Fsp3) is 0.275. The van der Waals surface area contributed by atoms with E-state index in [9.17, 15) is 35.9 Å². The molecule has 20 heteroatoms. The Kier molecular flexibility index (Phi) is 23.6. The number of halogens is 6. The molecule has 10 rings (SSSR count). The maximum absolute atomic E-state index is 13.2. The van der Waals surface area contributed by atoms with Crippen LogP contribution in [0.3, 0.4) is 0 Å². The van der Waals surface area contributed by atoms with Gasteiger partial charge in [0, 0.05) is 40.3 Å². The molecule has 2 atom stereocenters. The topological polar surface area (TPSA) is 126 Å². The summed E-state index contributed by atoms with van der Waals surface area (Å²) < 4.78 is 116. The van der Waals surface area contributed by atoms with Crippen LogP contribution in [0.4, 0.5) is 53.0 Å². The third-order valence-electron chi connectivity index (χ3n) is 13.5. The summed E-state index contributed by atoms with van der Waals surface area (Å²) in [6.07, 6.45) is 1.97. The van der Waals surface area contributed by atoms with E-state index in [1.165, 1.54) is 29.2 Å². The van der Waals surface area contributed by atoms with Crippen LogP contribution >= 0.6 is 19.8 Å². The van der Waals surface area contributed by atoms with Gasteiger partial charge in [-0.2, -0.15) is 46.1 Å². The highest BCUT2D eigenvalue weighted by Crippen LogP contribution is 2.37. The number of benzene rings is 7. The van der Waals surface area contributed by atoms with E-state index in [4.69, 9.17) is 33.2 Å². The van der Waals surface area contributed by atoms with E-state index < -0.39 is 41.3 Å². The molecule has 89 heavy (non-hydrogen) atoms. The molecular formula is C69H75F6N3O9P2. The van der Waals surface area contributed by atoms with Crippen molar-refractivity contribution >= 4 is 67.3 Å². The summed E-state index contributed by atoms with van der Waals surface area (Å²) >= 11 is 0. The van der Waals surface area contributed by atoms with Crippen LogP contribution in [0, 0.1) is 0 Å². The van der Waals surface area contributed by atoms with Crippen LogP contribution in [0.1, 0.15) is 105 Å². The molecular weight excluding hydrogens is 1190 g/mol. The lowest BCUT2D eigenvalue weighted by Gasteiger charge is -2.29. The van der Waals surface area contributed by atoms with Crippen molar-refractivity contribution in [3.05, 3.63) is 220 Å². The van der Waals surface area contributed by atoms with Gasteiger partial charge in [0.1, 0.15) is 58.8 Å². The molecule has 2 unspecified atom stereocenters. The first-order valence-corrected chi connectivity index (χ1v) is 28.2. The van der Waals surface area contributed by atoms with E-state index >= 15 is 0 Å². The molecule has 3 heterocycles. The van der Waals surface area contributed by atoms with Gasteiger partial charge in [-0.3, -0.25) is 10.2 Å². The van der Waals surface area contributed by atoms with Crippen molar-refractivity contribution < 1.29 is 69.1 Å². The molecule has 3 aliphatic rings. The molecule has 0 aromatic heterocycles. The molecule has 0 radical (unpaired) electrons. The normalized spacial score (nSPS) is 14.1. The highest BCUT2D eigenvalue weighted by molar-refractivity contribution is 6.92. The number of fused-ring (bicyclic) bond motifs is 3. The molecule has 3 aliphatic heterocycles. The van der Waals surface area contributed by atoms with E-state index in [-0.39, 0.29) is 50.8 Å². The number of alkyl halides is 6. The van der Waals surface area contributed by atoms with E-state index in [1.807, 2.05) is 146 Å². The van der Waals surface area contributed by atoms with Crippen LogP contribution < -0.4 is 39.2 Å². The highest BCUT2D eigenvalue weighted by atomic mass is 31.0. The van der Waals surface area contributed by atoms with Crippen molar-refractivity contribution in [3.63, 3.8) is 0 Å². The van der Waals surface area contributed by atoms with E-state index in [0.717, 1.165) is 80.6 Å². The van der Waals surface area contributed by atoms with Crippen molar-refractivity contribution in [2.45, 2.75) is 111 Å². The number of rotatable bonds is 15. The average molecular weight is 1270 g/mol. The van der Waals surface area contributed by atoms with Crippen LogP contribution in [-0.4, -0.2) is 42.2 Å². The largest absolute Gasteiger partial charge is 0.494 e. The molecule has 7 aromatic carbocycles. The fourth-order valence-corrected chi connectivity index (χ4v) is 8.96. The quantitative estimate of drug-likeness (QED) is 0.0757. The highest BCUT2D eigenvalue weighted by Gasteiger charge is 2.32. The Morgan fingerprint density at radius 2 is 0.876 bits per heavy atom. The smallest absolute Gasteiger partial charge is 0.416 e. The molecule has 0 spiro atoms. The molecule has 0 bridgehead atoms. The Morgan fingerprint density at radius 1 is 0.483 bits per heavy atom. The van der Waals surface area contributed by atoms with Crippen LogP contribution in [-0.2, 0) is 48.1 Å². The number of amides is 2. The minimum Gasteiger partial charge on any atom is -0.494 e. The van der Waals surface area contributed by atoms with Crippen LogP contribution in [0.5, 0.6) is 28.7 Å². The third kappa shape index (κ3) is 20.6. The SMILES string of the molecule is CC1(C)C=Cc2cc(NCc3ccc(C(F)(F)F)cc3)ccc2O1.CCOc1ccc(COC(=O)N(Cc2ccc(C(F)(F)F)cc2)c2ccc3c(c2)C=CC(C)(C)O3)cc1.CCOc1ccc(COC(=O)Nc2ccc3c(c2)C=CC(C)(C)O3)cc1.P.P. The second kappa shape index (κ2) is 30.2. The number of anilines is 3. The lowest BCUT2D eigenvalue weighted by molar-refractivity contribution is -0.138. The van der Waals surface area contributed by atoms with Gasteiger partial charge >= 0.3 is 24.5 Å². The summed E-state index contributed by atoms with van der Waals surface area (Å²) in [6.45, 7) is 17.5. The third-order valence-corrected chi connectivity index (χ3v) is 13.5. The maximum atomic E-state index is 13.2. The Bertz CT molecular complexity index is 3590. The van der Waals surface area contributed by atoms with Gasteiger partial charge in [-0.05, 0) is 199 Å². The van der Waals surface area contributed by atoms with Crippen molar-refractivity contribution in [2.75, 3.05) is 28.7 Å². The van der Waals surface area contributed by atoms with Gasteiger partial charge in [-0.25, -0.2) is 9.59 Å². The Hall–Kier alpha value is -8.46. The first-order valence-electron chi connectivity index (χ1n) is 28.2. The fourth-order valence-electron chi connectivity index (χ4n) is 8.96. The molecule has 0 saturated carbocycles. The minimum absolute atomic E-state index is 0. The number of hydrogen-bond acceptors (Lipinski definition) is 10. The predicted molar refractivity (Wildman–Crippen MR) is 348 cm³/mol. The minimum atomic E-state index is -4.44. The van der Waals surface area contributed by atoms with Gasteiger partial charge in [-0.15, -0.1) is 0 Å². The van der Waals surface area contributed by atoms with Gasteiger partial charge in [0.05, 0.1) is 30.9 Å². The maximum Gasteiger partial charge on any atom is 0.416 e. The lowest BCUT2D eigenvalue weighted by atomic mass is 10.0. The van der Waals surface area contributed by atoms with Crippen molar-refractivity contribution in [2.24, 2.45) is 0 Å². The summed E-state index contributed by atoms with van der Waals surface area (Å²) in [7, 11) is 0. The van der Waals surface area contributed by atoms with Crippen LogP contribution in [0.25, 0.3) is 18.2 Å². The monoisotopic (exact) mass is 1270 g/mol. The van der Waals surface area contributed by atoms with Crippen molar-refractivity contribution in [1.82, 2.24) is 0 Å². The zero-order valence-corrected chi connectivity index (χ0v) is 53.8. The summed E-state index contributed by atoms with van der Waals surface area (Å²) in [5.74, 6) is 3.81. The average Bonchev–Trinajstić information content (AvgIpc) is 2.26. The second-order valence-corrected chi connectivity index (χ2v) is 22.1. The van der Waals surface area contributed by atoms with E-state index in [2.05, 4.69) is 10.6 Å². The van der Waals surface area contributed by atoms with Gasteiger partial charge in [0.15, 0.2) is 0 Å². The van der Waals surface area contributed by atoms with Crippen molar-refractivity contribution in [3.8, 4) is 28.7 Å². The summed E-state index contributed by atoms with van der Waals surface area (Å²) in [6, 6.07) is 41.1. The van der Waals surface area contributed by atoms with Crippen LogP contribution in [0.15, 0.2) is 170 Å². The second-order valence-electron chi connectivity index (χ2n) is 22.1. The Morgan fingerprint density at radius 3 is 1.33 bits per heavy atom. The number of hydrogen-bond donors (Lipinski definition) is 2. The Balaban J connectivity index is 0.000000217. The first kappa shape index (κ1) is 69.6.